The van der Waals surface area contributed by atoms with Crippen molar-refractivity contribution in [3.05, 3.63) is 63.3 Å². The van der Waals surface area contributed by atoms with E-state index in [0.29, 0.717) is 17.3 Å². The fraction of sp³-hybridized carbons (Fsp3) is 0.143. The summed E-state index contributed by atoms with van der Waals surface area (Å²) >= 11 is 9.47. The normalized spacial score (nSPS) is 12.2. The van der Waals surface area contributed by atoms with E-state index in [1.165, 1.54) is 12.1 Å². The van der Waals surface area contributed by atoms with Crippen LogP contribution >= 0.6 is 27.5 Å². The van der Waals surface area contributed by atoms with E-state index in [4.69, 9.17) is 17.3 Å². The Bertz CT molecular complexity index is 577. The third kappa shape index (κ3) is 3.69. The van der Waals surface area contributed by atoms with Gasteiger partial charge >= 0.3 is 0 Å². The smallest absolute Gasteiger partial charge is 0.125 e. The van der Waals surface area contributed by atoms with Crippen LogP contribution in [0.5, 0.6) is 0 Å². The Kier molecular flexibility index (Phi) is 4.80. The van der Waals surface area contributed by atoms with Crippen LogP contribution in [0.2, 0.25) is 5.02 Å². The van der Waals surface area contributed by atoms with Crippen LogP contribution < -0.4 is 11.1 Å². The summed E-state index contributed by atoms with van der Waals surface area (Å²) in [6, 6.07) is 11.6. The van der Waals surface area contributed by atoms with E-state index in [1.807, 2.05) is 12.1 Å². The Labute approximate surface area is 124 Å². The minimum Gasteiger partial charge on any atom is -0.377 e. The number of nitrogens with one attached hydrogen (secondary N) is 1. The molecule has 1 atom stereocenters. The predicted molar refractivity (Wildman–Crippen MR) is 81.0 cm³/mol. The van der Waals surface area contributed by atoms with Gasteiger partial charge in [-0.3, -0.25) is 0 Å². The molecule has 2 rings (SSSR count). The van der Waals surface area contributed by atoms with E-state index < -0.39 is 0 Å². The molecule has 0 aliphatic rings. The number of hydrogen-bond donors (Lipinski definition) is 2. The van der Waals surface area contributed by atoms with Gasteiger partial charge < -0.3 is 11.1 Å². The van der Waals surface area contributed by atoms with Crippen LogP contribution in [0, 0.1) is 5.82 Å². The third-order valence-corrected chi connectivity index (χ3v) is 3.69. The van der Waals surface area contributed by atoms with Crippen molar-refractivity contribution in [3.63, 3.8) is 0 Å². The van der Waals surface area contributed by atoms with Gasteiger partial charge in [-0.2, -0.15) is 0 Å². The predicted octanol–water partition coefficient (Wildman–Crippen LogP) is 4.35. The molecule has 3 N–H and O–H groups in total. The molecule has 0 heterocycles. The first-order valence-corrected chi connectivity index (χ1v) is 6.94. The lowest BCUT2D eigenvalue weighted by Gasteiger charge is -2.20. The third-order valence-electron chi connectivity index (χ3n) is 2.73. The molecule has 1 unspecified atom stereocenters. The fourth-order valence-corrected chi connectivity index (χ4v) is 2.53. The molecule has 0 bridgehead atoms. The molecule has 0 amide bonds. The zero-order valence-corrected chi connectivity index (χ0v) is 12.4. The van der Waals surface area contributed by atoms with Gasteiger partial charge in [0, 0.05) is 21.7 Å². The van der Waals surface area contributed by atoms with Gasteiger partial charge in [-0.05, 0) is 42.0 Å². The summed E-state index contributed by atoms with van der Waals surface area (Å²) in [5.74, 6) is -0.286. The van der Waals surface area contributed by atoms with Crippen molar-refractivity contribution in [2.75, 3.05) is 11.9 Å². The van der Waals surface area contributed by atoms with Gasteiger partial charge in [-0.1, -0.05) is 33.6 Å². The summed E-state index contributed by atoms with van der Waals surface area (Å²) in [6.45, 7) is 0.370. The Morgan fingerprint density at radius 2 is 2.05 bits per heavy atom. The maximum atomic E-state index is 13.2. The van der Waals surface area contributed by atoms with Crippen LogP contribution in [-0.2, 0) is 0 Å². The highest BCUT2D eigenvalue weighted by Crippen LogP contribution is 2.28. The summed E-state index contributed by atoms with van der Waals surface area (Å²) in [4.78, 5) is 0. The lowest BCUT2D eigenvalue weighted by Crippen LogP contribution is -2.21. The standard InChI is InChI=1S/C14H13BrClFN2/c15-13-5-4-9(16)6-12(13)14(8-18)19-11-3-1-2-10(17)7-11/h1-7,14,19H,8,18H2. The Balaban J connectivity index is 2.27. The number of anilines is 1. The molecule has 0 aliphatic carbocycles. The van der Waals surface area contributed by atoms with Crippen molar-refractivity contribution in [2.24, 2.45) is 5.73 Å². The number of nitrogens with two attached hydrogens (primary N) is 1. The monoisotopic (exact) mass is 342 g/mol. The van der Waals surface area contributed by atoms with Gasteiger partial charge in [0.05, 0.1) is 6.04 Å². The van der Waals surface area contributed by atoms with E-state index in [2.05, 4.69) is 21.2 Å². The zero-order valence-electron chi connectivity index (χ0n) is 10.0. The Hall–Kier alpha value is -1.10. The number of benzene rings is 2. The second-order valence-electron chi connectivity index (χ2n) is 4.11. The molecule has 0 saturated carbocycles. The molecule has 2 nitrogen and oxygen atoms in total. The van der Waals surface area contributed by atoms with E-state index in [1.54, 1.807) is 18.2 Å². The van der Waals surface area contributed by atoms with Gasteiger partial charge in [0.1, 0.15) is 5.82 Å². The molecule has 0 aromatic heterocycles. The lowest BCUT2D eigenvalue weighted by molar-refractivity contribution is 0.627. The van der Waals surface area contributed by atoms with Crippen molar-refractivity contribution < 1.29 is 4.39 Å². The molecular weight excluding hydrogens is 331 g/mol. The quantitative estimate of drug-likeness (QED) is 0.866. The van der Waals surface area contributed by atoms with Gasteiger partial charge in [0.25, 0.3) is 0 Å². The molecular formula is C14H13BrClFN2. The summed E-state index contributed by atoms with van der Waals surface area (Å²) in [5.41, 5.74) is 7.42. The maximum Gasteiger partial charge on any atom is 0.125 e. The van der Waals surface area contributed by atoms with E-state index in [9.17, 15) is 4.39 Å². The second kappa shape index (κ2) is 6.37. The van der Waals surface area contributed by atoms with E-state index in [0.717, 1.165) is 10.0 Å². The SMILES string of the molecule is NCC(Nc1cccc(F)c1)c1cc(Cl)ccc1Br. The average Bonchev–Trinajstić information content (AvgIpc) is 2.39. The Morgan fingerprint density at radius 1 is 1.26 bits per heavy atom. The van der Waals surface area contributed by atoms with Gasteiger partial charge in [0.15, 0.2) is 0 Å². The highest BCUT2D eigenvalue weighted by atomic mass is 79.9. The molecule has 100 valence electrons. The van der Waals surface area contributed by atoms with Crippen LogP contribution in [0.3, 0.4) is 0 Å². The van der Waals surface area contributed by atoms with Crippen molar-refractivity contribution >= 4 is 33.2 Å². The van der Waals surface area contributed by atoms with Crippen LogP contribution in [0.15, 0.2) is 46.9 Å². The first-order chi connectivity index (χ1) is 9.10. The van der Waals surface area contributed by atoms with E-state index in [-0.39, 0.29) is 11.9 Å². The highest BCUT2D eigenvalue weighted by molar-refractivity contribution is 9.10. The minimum atomic E-state index is -0.286. The molecule has 0 spiro atoms. The maximum absolute atomic E-state index is 13.2. The molecule has 19 heavy (non-hydrogen) atoms. The van der Waals surface area contributed by atoms with Crippen molar-refractivity contribution in [1.82, 2.24) is 0 Å². The molecule has 2 aromatic carbocycles. The summed E-state index contributed by atoms with van der Waals surface area (Å²) in [7, 11) is 0. The van der Waals surface area contributed by atoms with Crippen LogP contribution in [0.1, 0.15) is 11.6 Å². The van der Waals surface area contributed by atoms with Crippen LogP contribution in [0.4, 0.5) is 10.1 Å². The average molecular weight is 344 g/mol. The second-order valence-corrected chi connectivity index (χ2v) is 5.40. The number of hydrogen-bond acceptors (Lipinski definition) is 2. The van der Waals surface area contributed by atoms with Crippen LogP contribution in [0.25, 0.3) is 0 Å². The van der Waals surface area contributed by atoms with Gasteiger partial charge in [-0.15, -0.1) is 0 Å². The van der Waals surface area contributed by atoms with Gasteiger partial charge in [-0.25, -0.2) is 4.39 Å². The summed E-state index contributed by atoms with van der Waals surface area (Å²) in [5, 5.41) is 3.84. The van der Waals surface area contributed by atoms with Crippen molar-refractivity contribution in [3.8, 4) is 0 Å². The first kappa shape index (κ1) is 14.3. The van der Waals surface area contributed by atoms with E-state index >= 15 is 0 Å². The lowest BCUT2D eigenvalue weighted by atomic mass is 10.1. The number of rotatable bonds is 4. The molecule has 0 radical (unpaired) electrons. The molecule has 0 saturated heterocycles. The molecule has 0 fully saturated rings. The summed E-state index contributed by atoms with van der Waals surface area (Å²) in [6.07, 6.45) is 0. The zero-order chi connectivity index (χ0) is 13.8. The molecule has 5 heteroatoms. The molecule has 2 aromatic rings. The highest BCUT2D eigenvalue weighted by Gasteiger charge is 2.13. The largest absolute Gasteiger partial charge is 0.377 e. The molecule has 0 aliphatic heterocycles. The van der Waals surface area contributed by atoms with Crippen LogP contribution in [-0.4, -0.2) is 6.54 Å². The first-order valence-electron chi connectivity index (χ1n) is 5.77. The van der Waals surface area contributed by atoms with Gasteiger partial charge in [0.2, 0.25) is 0 Å². The number of halogens is 3. The van der Waals surface area contributed by atoms with Crippen molar-refractivity contribution in [2.45, 2.75) is 6.04 Å². The summed E-state index contributed by atoms with van der Waals surface area (Å²) < 4.78 is 14.1. The Morgan fingerprint density at radius 3 is 2.74 bits per heavy atom. The minimum absolute atomic E-state index is 0.144. The topological polar surface area (TPSA) is 38.0 Å². The fourth-order valence-electron chi connectivity index (χ4n) is 1.82. The van der Waals surface area contributed by atoms with Crippen molar-refractivity contribution in [1.29, 1.82) is 0 Å².